The van der Waals surface area contributed by atoms with Gasteiger partial charge in [-0.15, -0.1) is 0 Å². The van der Waals surface area contributed by atoms with Crippen LogP contribution in [0.5, 0.6) is 5.75 Å². The first-order chi connectivity index (χ1) is 8.74. The molecule has 0 aliphatic carbocycles. The molecule has 0 unspecified atom stereocenters. The van der Waals surface area contributed by atoms with Crippen molar-refractivity contribution in [3.05, 3.63) is 27.3 Å². The predicted molar refractivity (Wildman–Crippen MR) is 73.3 cm³/mol. The van der Waals surface area contributed by atoms with Crippen molar-refractivity contribution < 1.29 is 22.7 Å². The summed E-state index contributed by atoms with van der Waals surface area (Å²) in [6.07, 6.45) is -4.38. The van der Waals surface area contributed by atoms with E-state index in [9.17, 15) is 18.0 Å². The van der Waals surface area contributed by atoms with E-state index in [1.54, 1.807) is 7.05 Å². The third kappa shape index (κ3) is 4.88. The van der Waals surface area contributed by atoms with E-state index in [1.807, 2.05) is 29.5 Å². The fourth-order valence-electron chi connectivity index (χ4n) is 1.27. The van der Waals surface area contributed by atoms with E-state index >= 15 is 0 Å². The fourth-order valence-corrected chi connectivity index (χ4v) is 1.95. The lowest BCUT2D eigenvalue weighted by molar-refractivity contribution is -0.153. The van der Waals surface area contributed by atoms with E-state index in [0.29, 0.717) is 15.7 Å². The lowest BCUT2D eigenvalue weighted by Crippen LogP contribution is -2.26. The van der Waals surface area contributed by atoms with Crippen molar-refractivity contribution in [1.82, 2.24) is 4.90 Å². The Balaban J connectivity index is 2.83. The Morgan fingerprint density at radius 2 is 2.05 bits per heavy atom. The van der Waals surface area contributed by atoms with Gasteiger partial charge in [0.2, 0.25) is 0 Å². The number of alkyl halides is 3. The molecule has 0 spiro atoms. The number of hydrogen-bond acceptors (Lipinski definition) is 2. The zero-order valence-corrected chi connectivity index (χ0v) is 12.6. The number of halogens is 4. The molecule has 0 saturated carbocycles. The summed E-state index contributed by atoms with van der Waals surface area (Å²) >= 11 is 1.84. The third-order valence-corrected chi connectivity index (χ3v) is 3.23. The van der Waals surface area contributed by atoms with Crippen molar-refractivity contribution in [1.29, 1.82) is 0 Å². The molecular formula is C12H13F3INO2. The zero-order valence-electron chi connectivity index (χ0n) is 10.4. The van der Waals surface area contributed by atoms with Crippen LogP contribution in [0.3, 0.4) is 0 Å². The van der Waals surface area contributed by atoms with Gasteiger partial charge in [-0.25, -0.2) is 0 Å². The molecule has 0 aromatic heterocycles. The summed E-state index contributed by atoms with van der Waals surface area (Å²) in [5, 5.41) is 0. The molecule has 1 rings (SSSR count). The summed E-state index contributed by atoms with van der Waals surface area (Å²) < 4.78 is 41.3. The SMILES string of the molecule is CCN(C)C(=O)c1ccc(OCC(F)(F)F)c(I)c1. The largest absolute Gasteiger partial charge is 0.483 e. The van der Waals surface area contributed by atoms with Crippen molar-refractivity contribution in [2.24, 2.45) is 0 Å². The molecule has 3 nitrogen and oxygen atoms in total. The summed E-state index contributed by atoms with van der Waals surface area (Å²) in [6, 6.07) is 4.35. The highest BCUT2D eigenvalue weighted by Gasteiger charge is 2.28. The molecule has 0 N–H and O–H groups in total. The van der Waals surface area contributed by atoms with Gasteiger partial charge in [-0.1, -0.05) is 0 Å². The number of amides is 1. The first-order valence-corrected chi connectivity index (χ1v) is 6.57. The number of hydrogen-bond donors (Lipinski definition) is 0. The minimum Gasteiger partial charge on any atom is -0.483 e. The molecule has 7 heteroatoms. The van der Waals surface area contributed by atoms with Gasteiger partial charge in [0.05, 0.1) is 3.57 Å². The summed E-state index contributed by atoms with van der Waals surface area (Å²) in [6.45, 7) is 1.05. The lowest BCUT2D eigenvalue weighted by Gasteiger charge is -2.16. The Labute approximate surface area is 122 Å². The van der Waals surface area contributed by atoms with Crippen LogP contribution in [0.2, 0.25) is 0 Å². The molecule has 0 atom stereocenters. The van der Waals surface area contributed by atoms with Crippen LogP contribution in [0.4, 0.5) is 13.2 Å². The van der Waals surface area contributed by atoms with Crippen LogP contribution in [0, 0.1) is 3.57 Å². The Hall–Kier alpha value is -0.990. The number of ether oxygens (including phenoxy) is 1. The van der Waals surface area contributed by atoms with Crippen LogP contribution >= 0.6 is 22.6 Å². The Morgan fingerprint density at radius 1 is 1.42 bits per heavy atom. The van der Waals surface area contributed by atoms with Crippen molar-refractivity contribution in [3.8, 4) is 5.75 Å². The Bertz CT molecular complexity index is 463. The summed E-state index contributed by atoms with van der Waals surface area (Å²) in [7, 11) is 1.66. The van der Waals surface area contributed by atoms with Crippen LogP contribution in [0.15, 0.2) is 18.2 Å². The molecule has 0 aliphatic rings. The van der Waals surface area contributed by atoms with Gasteiger partial charge in [-0.3, -0.25) is 4.79 Å². The second-order valence-corrected chi connectivity index (χ2v) is 5.03. The molecule has 1 aromatic carbocycles. The number of carbonyl (C=O) groups is 1. The highest BCUT2D eigenvalue weighted by molar-refractivity contribution is 14.1. The molecule has 0 heterocycles. The van der Waals surface area contributed by atoms with E-state index < -0.39 is 12.8 Å². The highest BCUT2D eigenvalue weighted by Crippen LogP contribution is 2.25. The molecule has 1 aromatic rings. The van der Waals surface area contributed by atoms with Crippen LogP contribution in [-0.2, 0) is 0 Å². The van der Waals surface area contributed by atoms with Crippen LogP contribution < -0.4 is 4.74 Å². The topological polar surface area (TPSA) is 29.5 Å². The van der Waals surface area contributed by atoms with Gasteiger partial charge in [0.15, 0.2) is 6.61 Å². The summed E-state index contributed by atoms with van der Waals surface area (Å²) in [4.78, 5) is 13.4. The number of rotatable bonds is 4. The van der Waals surface area contributed by atoms with Gasteiger partial charge < -0.3 is 9.64 Å². The van der Waals surface area contributed by atoms with Gasteiger partial charge in [0.1, 0.15) is 5.75 Å². The van der Waals surface area contributed by atoms with E-state index in [2.05, 4.69) is 4.74 Å². The highest BCUT2D eigenvalue weighted by atomic mass is 127. The second-order valence-electron chi connectivity index (χ2n) is 3.87. The maximum atomic E-state index is 12.0. The molecule has 19 heavy (non-hydrogen) atoms. The normalized spacial score (nSPS) is 11.3. The van der Waals surface area contributed by atoms with Crippen LogP contribution in [0.1, 0.15) is 17.3 Å². The summed E-state index contributed by atoms with van der Waals surface area (Å²) in [5.74, 6) is -0.0589. The first-order valence-electron chi connectivity index (χ1n) is 5.49. The molecule has 0 bridgehead atoms. The maximum Gasteiger partial charge on any atom is 0.422 e. The van der Waals surface area contributed by atoms with Crippen molar-refractivity contribution in [2.75, 3.05) is 20.2 Å². The van der Waals surface area contributed by atoms with Gasteiger partial charge in [-0.2, -0.15) is 13.2 Å². The monoisotopic (exact) mass is 387 g/mol. The minimum absolute atomic E-state index is 0.119. The lowest BCUT2D eigenvalue weighted by atomic mass is 10.2. The van der Waals surface area contributed by atoms with Gasteiger partial charge in [-0.05, 0) is 47.7 Å². The quantitative estimate of drug-likeness (QED) is 0.742. The number of benzene rings is 1. The smallest absolute Gasteiger partial charge is 0.422 e. The zero-order chi connectivity index (χ0) is 14.6. The first kappa shape index (κ1) is 16.1. The molecule has 1 amide bonds. The average molecular weight is 387 g/mol. The Morgan fingerprint density at radius 3 is 2.53 bits per heavy atom. The minimum atomic E-state index is -4.38. The average Bonchev–Trinajstić information content (AvgIpc) is 2.34. The van der Waals surface area contributed by atoms with Crippen molar-refractivity contribution >= 4 is 28.5 Å². The Kier molecular flexibility index (Phi) is 5.45. The summed E-state index contributed by atoms with van der Waals surface area (Å²) in [5.41, 5.74) is 0.424. The predicted octanol–water partition coefficient (Wildman–Crippen LogP) is 3.32. The molecule has 0 radical (unpaired) electrons. The van der Waals surface area contributed by atoms with Gasteiger partial charge in [0, 0.05) is 19.2 Å². The van der Waals surface area contributed by atoms with Gasteiger partial charge >= 0.3 is 6.18 Å². The van der Waals surface area contributed by atoms with Crippen molar-refractivity contribution in [3.63, 3.8) is 0 Å². The molecule has 106 valence electrons. The van der Waals surface area contributed by atoms with E-state index in [0.717, 1.165) is 0 Å². The molecule has 0 fully saturated rings. The third-order valence-electron chi connectivity index (χ3n) is 2.39. The van der Waals surface area contributed by atoms with Crippen LogP contribution in [0.25, 0.3) is 0 Å². The molecule has 0 saturated heterocycles. The number of nitrogens with zero attached hydrogens (tertiary/aromatic N) is 1. The molecule has 0 aliphatic heterocycles. The van der Waals surface area contributed by atoms with Crippen LogP contribution in [-0.4, -0.2) is 37.2 Å². The second kappa shape index (κ2) is 6.44. The van der Waals surface area contributed by atoms with Gasteiger partial charge in [0.25, 0.3) is 5.91 Å². The molecular weight excluding hydrogens is 374 g/mol. The van der Waals surface area contributed by atoms with Crippen molar-refractivity contribution in [2.45, 2.75) is 13.1 Å². The van der Waals surface area contributed by atoms with E-state index in [1.165, 1.54) is 23.1 Å². The fraction of sp³-hybridized carbons (Fsp3) is 0.417. The maximum absolute atomic E-state index is 12.0. The van der Waals surface area contributed by atoms with E-state index in [4.69, 9.17) is 0 Å². The van der Waals surface area contributed by atoms with E-state index in [-0.39, 0.29) is 11.7 Å². The number of carbonyl (C=O) groups excluding carboxylic acids is 1. The standard InChI is InChI=1S/C12H13F3INO2/c1-3-17(2)11(18)8-4-5-10(9(16)6-8)19-7-12(13,14)15/h4-6H,3,7H2,1-2H3.